The highest BCUT2D eigenvalue weighted by Crippen LogP contribution is 2.34. The van der Waals surface area contributed by atoms with Gasteiger partial charge in [-0.15, -0.1) is 0 Å². The minimum Gasteiger partial charge on any atom is -0.507 e. The summed E-state index contributed by atoms with van der Waals surface area (Å²) in [5, 5.41) is 27.6. The lowest BCUT2D eigenvalue weighted by atomic mass is 10.1. The summed E-state index contributed by atoms with van der Waals surface area (Å²) >= 11 is 0. The van der Waals surface area contributed by atoms with Crippen molar-refractivity contribution in [2.24, 2.45) is 0 Å². The van der Waals surface area contributed by atoms with E-state index in [0.717, 1.165) is 25.0 Å². The van der Waals surface area contributed by atoms with E-state index in [4.69, 9.17) is 10.2 Å². The van der Waals surface area contributed by atoms with Gasteiger partial charge in [0.15, 0.2) is 0 Å². The number of carbonyl (C=O) groups is 1. The maximum atomic E-state index is 12.7. The van der Waals surface area contributed by atoms with Gasteiger partial charge in [-0.3, -0.25) is 0 Å². The molecular weight excluding hydrogens is 298 g/mol. The Labute approximate surface area is 122 Å². The minimum atomic E-state index is -3.90. The zero-order chi connectivity index (χ0) is 15.8. The molecule has 0 saturated heterocycles. The molecule has 1 aliphatic rings. The summed E-state index contributed by atoms with van der Waals surface area (Å²) < 4.78 is 26.5. The van der Waals surface area contributed by atoms with Crippen LogP contribution in [0.15, 0.2) is 17.0 Å². The smallest absolute Gasteiger partial charge is 0.339 e. The molecule has 116 valence electrons. The Hall–Kier alpha value is -1.64. The molecule has 1 saturated carbocycles. The molecule has 0 aliphatic heterocycles. The highest BCUT2D eigenvalue weighted by molar-refractivity contribution is 7.89. The summed E-state index contributed by atoms with van der Waals surface area (Å²) in [4.78, 5) is 10.9. The number of benzene rings is 1. The third kappa shape index (κ3) is 3.02. The molecule has 1 aromatic rings. The average molecular weight is 315 g/mol. The Morgan fingerprint density at radius 1 is 1.38 bits per heavy atom. The number of aromatic carboxylic acids is 1. The van der Waals surface area contributed by atoms with Crippen molar-refractivity contribution in [1.29, 1.82) is 0 Å². The maximum Gasteiger partial charge on any atom is 0.339 e. The van der Waals surface area contributed by atoms with Crippen LogP contribution in [-0.4, -0.2) is 53.2 Å². The van der Waals surface area contributed by atoms with E-state index >= 15 is 0 Å². The van der Waals surface area contributed by atoms with Gasteiger partial charge in [-0.05, 0) is 37.5 Å². The third-order valence-corrected chi connectivity index (χ3v) is 5.48. The molecule has 0 amide bonds. The van der Waals surface area contributed by atoms with Crippen LogP contribution in [-0.2, 0) is 10.0 Å². The minimum absolute atomic E-state index is 0.0320. The van der Waals surface area contributed by atoms with Gasteiger partial charge >= 0.3 is 5.97 Å². The summed E-state index contributed by atoms with van der Waals surface area (Å²) in [7, 11) is -3.90. The summed E-state index contributed by atoms with van der Waals surface area (Å²) in [5.74, 6) is -1.87. The van der Waals surface area contributed by atoms with Crippen molar-refractivity contribution >= 4 is 16.0 Å². The highest BCUT2D eigenvalue weighted by atomic mass is 32.2. The van der Waals surface area contributed by atoms with Crippen molar-refractivity contribution in [3.8, 4) is 5.75 Å². The second kappa shape index (κ2) is 5.63. The summed E-state index contributed by atoms with van der Waals surface area (Å²) in [6.07, 6.45) is 1.45. The van der Waals surface area contributed by atoms with Gasteiger partial charge in [0.25, 0.3) is 0 Å². The van der Waals surface area contributed by atoms with Crippen molar-refractivity contribution < 1.29 is 28.5 Å². The molecule has 0 atom stereocenters. The Bertz CT molecular complexity index is 665. The quantitative estimate of drug-likeness (QED) is 0.706. The lowest BCUT2D eigenvalue weighted by Gasteiger charge is -2.22. The van der Waals surface area contributed by atoms with Crippen molar-refractivity contribution in [1.82, 2.24) is 4.31 Å². The Morgan fingerprint density at radius 3 is 2.48 bits per heavy atom. The molecule has 1 fully saturated rings. The number of hydrogen-bond donors (Lipinski definition) is 3. The first kappa shape index (κ1) is 15.7. The van der Waals surface area contributed by atoms with Gasteiger partial charge in [-0.2, -0.15) is 4.31 Å². The first-order valence-electron chi connectivity index (χ1n) is 6.48. The predicted molar refractivity (Wildman–Crippen MR) is 73.8 cm³/mol. The molecule has 3 N–H and O–H groups in total. The van der Waals surface area contributed by atoms with Crippen molar-refractivity contribution in [2.45, 2.75) is 30.7 Å². The van der Waals surface area contributed by atoms with Gasteiger partial charge in [0, 0.05) is 12.6 Å². The zero-order valence-corrected chi connectivity index (χ0v) is 12.3. The van der Waals surface area contributed by atoms with Gasteiger partial charge in [-0.25, -0.2) is 13.2 Å². The zero-order valence-electron chi connectivity index (χ0n) is 11.5. The number of sulfonamides is 1. The van der Waals surface area contributed by atoms with E-state index in [9.17, 15) is 18.3 Å². The Balaban J connectivity index is 2.53. The van der Waals surface area contributed by atoms with Crippen molar-refractivity contribution in [3.63, 3.8) is 0 Å². The number of phenols is 1. The molecule has 0 spiro atoms. The first-order chi connectivity index (χ1) is 9.78. The third-order valence-electron chi connectivity index (χ3n) is 3.38. The average Bonchev–Trinajstić information content (AvgIpc) is 3.18. The molecule has 0 unspecified atom stereocenters. The van der Waals surface area contributed by atoms with E-state index < -0.39 is 27.3 Å². The number of hydrogen-bond acceptors (Lipinski definition) is 5. The van der Waals surface area contributed by atoms with Gasteiger partial charge < -0.3 is 15.3 Å². The Kier molecular flexibility index (Phi) is 4.22. The lowest BCUT2D eigenvalue weighted by molar-refractivity contribution is 0.0693. The fourth-order valence-electron chi connectivity index (χ4n) is 2.21. The molecule has 0 heterocycles. The van der Waals surface area contributed by atoms with Crippen LogP contribution < -0.4 is 0 Å². The SMILES string of the molecule is Cc1cc(O)c(C(=O)O)cc1S(=O)(=O)N(CCO)C1CC1. The second-order valence-electron chi connectivity index (χ2n) is 5.01. The molecular formula is C13H17NO6S. The fourth-order valence-corrected chi connectivity index (χ4v) is 4.12. The van der Waals surface area contributed by atoms with E-state index in [1.165, 1.54) is 11.2 Å². The lowest BCUT2D eigenvalue weighted by Crippen LogP contribution is -2.36. The fraction of sp³-hybridized carbons (Fsp3) is 0.462. The molecule has 0 bridgehead atoms. The topological polar surface area (TPSA) is 115 Å². The van der Waals surface area contributed by atoms with Crippen LogP contribution in [0, 0.1) is 6.92 Å². The number of aryl methyl sites for hydroxylation is 1. The summed E-state index contributed by atoms with van der Waals surface area (Å²) in [6.45, 7) is 1.15. The highest BCUT2D eigenvalue weighted by Gasteiger charge is 2.38. The number of rotatable bonds is 6. The first-order valence-corrected chi connectivity index (χ1v) is 7.92. The molecule has 1 aliphatic carbocycles. The number of aromatic hydroxyl groups is 1. The van der Waals surface area contributed by atoms with Gasteiger partial charge in [0.05, 0.1) is 11.5 Å². The maximum absolute atomic E-state index is 12.7. The van der Waals surface area contributed by atoms with Crippen LogP contribution in [0.5, 0.6) is 5.75 Å². The predicted octanol–water partition coefficient (Wildman–Crippen LogP) is 0.544. The van der Waals surface area contributed by atoms with Crippen LogP contribution >= 0.6 is 0 Å². The van der Waals surface area contributed by atoms with Crippen LogP contribution in [0.4, 0.5) is 0 Å². The standard InChI is InChI=1S/C13H17NO6S/c1-8-6-11(16)10(13(17)18)7-12(8)21(19,20)14(4-5-15)9-2-3-9/h6-7,9,15-16H,2-5H2,1H3,(H,17,18). The number of aliphatic hydroxyl groups excluding tert-OH is 1. The van der Waals surface area contributed by atoms with Crippen LogP contribution in [0.2, 0.25) is 0 Å². The van der Waals surface area contributed by atoms with E-state index in [2.05, 4.69) is 0 Å². The summed E-state index contributed by atoms with van der Waals surface area (Å²) in [6, 6.07) is 1.94. The number of nitrogens with zero attached hydrogens (tertiary/aromatic N) is 1. The number of carboxylic acids is 1. The summed E-state index contributed by atoms with van der Waals surface area (Å²) in [5.41, 5.74) is -0.194. The number of carboxylic acid groups (broad SMARTS) is 1. The van der Waals surface area contributed by atoms with Crippen LogP contribution in [0.1, 0.15) is 28.8 Å². The second-order valence-corrected chi connectivity index (χ2v) is 6.87. The van der Waals surface area contributed by atoms with Gasteiger partial charge in [-0.1, -0.05) is 0 Å². The van der Waals surface area contributed by atoms with E-state index in [1.54, 1.807) is 0 Å². The van der Waals surface area contributed by atoms with Gasteiger partial charge in [0.2, 0.25) is 10.0 Å². The van der Waals surface area contributed by atoms with Crippen molar-refractivity contribution in [2.75, 3.05) is 13.2 Å². The van der Waals surface area contributed by atoms with Crippen LogP contribution in [0.25, 0.3) is 0 Å². The van der Waals surface area contributed by atoms with E-state index in [0.29, 0.717) is 0 Å². The normalized spacial score (nSPS) is 15.4. The van der Waals surface area contributed by atoms with E-state index in [1.807, 2.05) is 0 Å². The molecule has 2 rings (SSSR count). The van der Waals surface area contributed by atoms with Gasteiger partial charge in [0.1, 0.15) is 11.3 Å². The molecule has 7 nitrogen and oxygen atoms in total. The molecule has 0 radical (unpaired) electrons. The largest absolute Gasteiger partial charge is 0.507 e. The number of aliphatic hydroxyl groups is 1. The van der Waals surface area contributed by atoms with Crippen LogP contribution in [0.3, 0.4) is 0 Å². The Morgan fingerprint density at radius 2 is 2.00 bits per heavy atom. The molecule has 21 heavy (non-hydrogen) atoms. The molecule has 8 heteroatoms. The molecule has 0 aromatic heterocycles. The molecule has 1 aromatic carbocycles. The monoisotopic (exact) mass is 315 g/mol. The van der Waals surface area contributed by atoms with Crippen molar-refractivity contribution in [3.05, 3.63) is 23.3 Å². The van der Waals surface area contributed by atoms with E-state index in [-0.39, 0.29) is 29.7 Å².